The zero-order valence-electron chi connectivity index (χ0n) is 8.66. The van der Waals surface area contributed by atoms with Gasteiger partial charge in [-0.25, -0.2) is 9.78 Å². The number of nitrogens with one attached hydrogen (secondary N) is 1. The molecular formula is C10H14N2O2S. The average Bonchev–Trinajstić information content (AvgIpc) is 2.89. The fraction of sp³-hybridized carbons (Fsp3) is 0.600. The molecule has 1 aliphatic rings. The molecule has 0 radical (unpaired) electrons. The van der Waals surface area contributed by atoms with Crippen LogP contribution >= 0.6 is 11.3 Å². The summed E-state index contributed by atoms with van der Waals surface area (Å²) >= 11 is 1.53. The first-order valence-corrected chi connectivity index (χ1v) is 6.05. The van der Waals surface area contributed by atoms with Crippen molar-refractivity contribution in [2.45, 2.75) is 25.8 Å². The van der Waals surface area contributed by atoms with Crippen LogP contribution < -0.4 is 5.32 Å². The number of hydrogen-bond donors (Lipinski definition) is 1. The molecule has 1 fully saturated rings. The molecule has 1 saturated heterocycles. The standard InChI is InChI=1S/C10H14N2O2S/c1-2-14-10(13)8-6-15-9(12-8)7-4-3-5-11-7/h6-7,11H,2-5H2,1H3. The van der Waals surface area contributed by atoms with E-state index in [1.807, 2.05) is 0 Å². The minimum absolute atomic E-state index is 0.321. The van der Waals surface area contributed by atoms with Crippen LogP contribution in [0.15, 0.2) is 5.38 Å². The van der Waals surface area contributed by atoms with Crippen LogP contribution in [0.2, 0.25) is 0 Å². The summed E-state index contributed by atoms with van der Waals surface area (Å²) in [6.45, 7) is 3.23. The van der Waals surface area contributed by atoms with E-state index in [4.69, 9.17) is 4.74 Å². The van der Waals surface area contributed by atoms with Crippen molar-refractivity contribution in [3.8, 4) is 0 Å². The van der Waals surface area contributed by atoms with Gasteiger partial charge in [-0.3, -0.25) is 0 Å². The van der Waals surface area contributed by atoms with Gasteiger partial charge < -0.3 is 10.1 Å². The van der Waals surface area contributed by atoms with E-state index in [-0.39, 0.29) is 5.97 Å². The summed E-state index contributed by atoms with van der Waals surface area (Å²) < 4.78 is 4.89. The first-order chi connectivity index (χ1) is 7.31. The van der Waals surface area contributed by atoms with Gasteiger partial charge in [0.2, 0.25) is 0 Å². The largest absolute Gasteiger partial charge is 0.461 e. The monoisotopic (exact) mass is 226 g/mol. The predicted molar refractivity (Wildman–Crippen MR) is 58.0 cm³/mol. The Morgan fingerprint density at radius 3 is 3.33 bits per heavy atom. The lowest BCUT2D eigenvalue weighted by Gasteiger charge is -2.04. The van der Waals surface area contributed by atoms with Crippen molar-refractivity contribution in [2.75, 3.05) is 13.2 Å². The Morgan fingerprint density at radius 2 is 2.67 bits per heavy atom. The predicted octanol–water partition coefficient (Wildman–Crippen LogP) is 1.74. The number of thiazole rings is 1. The Hall–Kier alpha value is -0.940. The van der Waals surface area contributed by atoms with Gasteiger partial charge in [0, 0.05) is 5.38 Å². The van der Waals surface area contributed by atoms with Gasteiger partial charge in [-0.05, 0) is 26.3 Å². The third kappa shape index (κ3) is 2.35. The van der Waals surface area contributed by atoms with Crippen LogP contribution in [0.25, 0.3) is 0 Å². The van der Waals surface area contributed by atoms with E-state index in [0.29, 0.717) is 18.3 Å². The molecule has 2 heterocycles. The molecule has 0 saturated carbocycles. The van der Waals surface area contributed by atoms with Gasteiger partial charge in [0.15, 0.2) is 5.69 Å². The highest BCUT2D eigenvalue weighted by molar-refractivity contribution is 7.09. The fourth-order valence-electron chi connectivity index (χ4n) is 1.64. The summed E-state index contributed by atoms with van der Waals surface area (Å²) in [7, 11) is 0. The molecule has 1 aromatic rings. The number of carbonyl (C=O) groups excluding carboxylic acids is 1. The van der Waals surface area contributed by atoms with E-state index in [1.165, 1.54) is 17.8 Å². The van der Waals surface area contributed by atoms with E-state index in [9.17, 15) is 4.79 Å². The highest BCUT2D eigenvalue weighted by Gasteiger charge is 2.21. The molecule has 1 N–H and O–H groups in total. The molecule has 82 valence electrons. The lowest BCUT2D eigenvalue weighted by atomic mass is 10.2. The third-order valence-corrected chi connectivity index (χ3v) is 3.32. The Bertz CT molecular complexity index is 345. The molecular weight excluding hydrogens is 212 g/mol. The van der Waals surface area contributed by atoms with Gasteiger partial charge >= 0.3 is 5.97 Å². The molecule has 0 aliphatic carbocycles. The van der Waals surface area contributed by atoms with Crippen LogP contribution in [-0.2, 0) is 4.74 Å². The van der Waals surface area contributed by atoms with Gasteiger partial charge in [-0.2, -0.15) is 0 Å². The number of esters is 1. The molecule has 0 spiro atoms. The Morgan fingerprint density at radius 1 is 1.80 bits per heavy atom. The Balaban J connectivity index is 2.06. The van der Waals surface area contributed by atoms with Crippen LogP contribution in [-0.4, -0.2) is 24.1 Å². The summed E-state index contributed by atoms with van der Waals surface area (Å²) in [6, 6.07) is 0.332. The third-order valence-electron chi connectivity index (χ3n) is 2.36. The number of ether oxygens (including phenoxy) is 1. The van der Waals surface area contributed by atoms with E-state index in [0.717, 1.165) is 18.0 Å². The summed E-state index contributed by atoms with van der Waals surface area (Å²) in [5, 5.41) is 6.12. The normalized spacial score (nSPS) is 20.5. The molecule has 0 aromatic carbocycles. The van der Waals surface area contributed by atoms with Gasteiger partial charge in [-0.1, -0.05) is 0 Å². The van der Waals surface area contributed by atoms with Crippen molar-refractivity contribution in [2.24, 2.45) is 0 Å². The van der Waals surface area contributed by atoms with Crippen LogP contribution in [0, 0.1) is 0 Å². The number of hydrogen-bond acceptors (Lipinski definition) is 5. The quantitative estimate of drug-likeness (QED) is 0.798. The fourth-order valence-corrected chi connectivity index (χ4v) is 2.54. The second kappa shape index (κ2) is 4.72. The minimum atomic E-state index is -0.321. The van der Waals surface area contributed by atoms with Gasteiger partial charge in [-0.15, -0.1) is 11.3 Å². The van der Waals surface area contributed by atoms with Crippen molar-refractivity contribution in [3.05, 3.63) is 16.1 Å². The zero-order valence-corrected chi connectivity index (χ0v) is 9.47. The molecule has 0 amide bonds. The number of aromatic nitrogens is 1. The maximum absolute atomic E-state index is 11.4. The Kier molecular flexibility index (Phi) is 3.33. The summed E-state index contributed by atoms with van der Waals surface area (Å²) in [4.78, 5) is 15.7. The van der Waals surface area contributed by atoms with E-state index >= 15 is 0 Å². The van der Waals surface area contributed by atoms with Crippen LogP contribution in [0.1, 0.15) is 41.3 Å². The summed E-state index contributed by atoms with van der Waals surface area (Å²) in [6.07, 6.45) is 2.29. The number of nitrogens with zero attached hydrogens (tertiary/aromatic N) is 1. The molecule has 5 heteroatoms. The topological polar surface area (TPSA) is 51.2 Å². The van der Waals surface area contributed by atoms with Gasteiger partial charge in [0.1, 0.15) is 5.01 Å². The van der Waals surface area contributed by atoms with Gasteiger partial charge in [0.25, 0.3) is 0 Å². The van der Waals surface area contributed by atoms with Gasteiger partial charge in [0.05, 0.1) is 12.6 Å². The van der Waals surface area contributed by atoms with Crippen molar-refractivity contribution < 1.29 is 9.53 Å². The highest BCUT2D eigenvalue weighted by atomic mass is 32.1. The average molecular weight is 226 g/mol. The second-order valence-corrected chi connectivity index (χ2v) is 4.33. The molecule has 1 aromatic heterocycles. The minimum Gasteiger partial charge on any atom is -0.461 e. The molecule has 15 heavy (non-hydrogen) atoms. The molecule has 1 aliphatic heterocycles. The van der Waals surface area contributed by atoms with Crippen LogP contribution in [0.3, 0.4) is 0 Å². The highest BCUT2D eigenvalue weighted by Crippen LogP contribution is 2.25. The van der Waals surface area contributed by atoms with Crippen molar-refractivity contribution in [3.63, 3.8) is 0 Å². The molecule has 1 atom stereocenters. The lowest BCUT2D eigenvalue weighted by molar-refractivity contribution is 0.0520. The van der Waals surface area contributed by atoms with Crippen molar-refractivity contribution >= 4 is 17.3 Å². The molecule has 2 rings (SSSR count). The van der Waals surface area contributed by atoms with Crippen LogP contribution in [0.5, 0.6) is 0 Å². The molecule has 1 unspecified atom stereocenters. The van der Waals surface area contributed by atoms with Crippen molar-refractivity contribution in [1.29, 1.82) is 0 Å². The Labute approximate surface area is 92.7 Å². The molecule has 0 bridgehead atoms. The zero-order chi connectivity index (χ0) is 10.7. The van der Waals surface area contributed by atoms with Crippen LogP contribution in [0.4, 0.5) is 0 Å². The lowest BCUT2D eigenvalue weighted by Crippen LogP contribution is -2.13. The first-order valence-electron chi connectivity index (χ1n) is 5.17. The second-order valence-electron chi connectivity index (χ2n) is 3.44. The SMILES string of the molecule is CCOC(=O)c1csc(C2CCCN2)n1. The summed E-state index contributed by atoms with van der Waals surface area (Å²) in [5.41, 5.74) is 0.436. The maximum Gasteiger partial charge on any atom is 0.357 e. The smallest absolute Gasteiger partial charge is 0.357 e. The first kappa shape index (κ1) is 10.6. The maximum atomic E-state index is 11.4. The summed E-state index contributed by atoms with van der Waals surface area (Å²) in [5.74, 6) is -0.321. The van der Waals surface area contributed by atoms with E-state index < -0.39 is 0 Å². The number of carbonyl (C=O) groups is 1. The van der Waals surface area contributed by atoms with E-state index in [2.05, 4.69) is 10.3 Å². The van der Waals surface area contributed by atoms with Crippen molar-refractivity contribution in [1.82, 2.24) is 10.3 Å². The van der Waals surface area contributed by atoms with E-state index in [1.54, 1.807) is 12.3 Å². The number of rotatable bonds is 3. The molecule has 4 nitrogen and oxygen atoms in total.